The predicted octanol–water partition coefficient (Wildman–Crippen LogP) is 4.16. The minimum absolute atomic E-state index is 0.0612. The molecular weight excluding hydrogens is 471 g/mol. The molecule has 0 bridgehead atoms. The minimum Gasteiger partial charge on any atom is -0.324 e. The number of halogens is 3. The molecule has 1 aromatic carbocycles. The molecule has 0 spiro atoms. The zero-order chi connectivity index (χ0) is 12.1. The second-order valence-corrected chi connectivity index (χ2v) is 5.94. The molecule has 0 aliphatic rings. The van der Waals surface area contributed by atoms with Crippen LogP contribution in [0, 0.1) is 10.7 Å². The maximum Gasteiger partial charge on any atom is 0.234 e. The van der Waals surface area contributed by atoms with E-state index in [9.17, 15) is 4.79 Å². The molecule has 0 radical (unpaired) electrons. The minimum atomic E-state index is -0.0612. The summed E-state index contributed by atoms with van der Waals surface area (Å²) in [6.45, 7) is 0. The number of nitriles is 1. The SMILES string of the molecule is N#CSc1cc(Br)c(NC(=O)CI)cc1Br. The average molecular weight is 476 g/mol. The van der Waals surface area contributed by atoms with Gasteiger partial charge in [0.1, 0.15) is 5.40 Å². The van der Waals surface area contributed by atoms with E-state index in [1.54, 1.807) is 12.1 Å². The molecule has 0 unspecified atom stereocenters. The monoisotopic (exact) mass is 474 g/mol. The summed E-state index contributed by atoms with van der Waals surface area (Å²) < 4.78 is 1.94. The summed E-state index contributed by atoms with van der Waals surface area (Å²) in [6, 6.07) is 3.56. The first-order chi connectivity index (χ1) is 7.58. The van der Waals surface area contributed by atoms with E-state index in [-0.39, 0.29) is 5.91 Å². The van der Waals surface area contributed by atoms with Crippen LogP contribution in [-0.4, -0.2) is 10.3 Å². The molecule has 16 heavy (non-hydrogen) atoms. The summed E-state index contributed by atoms with van der Waals surface area (Å²) in [6.07, 6.45) is 0. The number of hydrogen-bond donors (Lipinski definition) is 1. The van der Waals surface area contributed by atoms with Gasteiger partial charge in [0.15, 0.2) is 0 Å². The fraction of sp³-hybridized carbons (Fsp3) is 0.111. The van der Waals surface area contributed by atoms with Gasteiger partial charge in [-0.05, 0) is 55.8 Å². The molecule has 0 aliphatic carbocycles. The first-order valence-electron chi connectivity index (χ1n) is 3.99. The van der Waals surface area contributed by atoms with E-state index in [2.05, 4.69) is 37.2 Å². The van der Waals surface area contributed by atoms with Crippen LogP contribution in [0.5, 0.6) is 0 Å². The number of alkyl halides is 1. The highest BCUT2D eigenvalue weighted by Crippen LogP contribution is 2.35. The van der Waals surface area contributed by atoms with E-state index in [4.69, 9.17) is 5.26 Å². The zero-order valence-electron chi connectivity index (χ0n) is 7.76. The van der Waals surface area contributed by atoms with Crippen molar-refractivity contribution in [1.29, 1.82) is 5.26 Å². The van der Waals surface area contributed by atoms with Gasteiger partial charge in [-0.1, -0.05) is 22.6 Å². The van der Waals surface area contributed by atoms with Gasteiger partial charge >= 0.3 is 0 Å². The van der Waals surface area contributed by atoms with Crippen LogP contribution in [0.25, 0.3) is 0 Å². The number of thiocyanates is 1. The Balaban J connectivity index is 3.01. The largest absolute Gasteiger partial charge is 0.324 e. The normalized spacial score (nSPS) is 9.62. The fourth-order valence-electron chi connectivity index (χ4n) is 0.935. The van der Waals surface area contributed by atoms with Crippen molar-refractivity contribution >= 4 is 77.8 Å². The molecule has 0 aromatic heterocycles. The summed E-state index contributed by atoms with van der Waals surface area (Å²) in [5, 5.41) is 13.3. The smallest absolute Gasteiger partial charge is 0.234 e. The molecule has 1 rings (SSSR count). The molecule has 0 saturated heterocycles. The molecule has 1 aromatic rings. The molecule has 3 nitrogen and oxygen atoms in total. The van der Waals surface area contributed by atoms with Gasteiger partial charge in [-0.3, -0.25) is 4.79 Å². The molecule has 0 atom stereocenters. The van der Waals surface area contributed by atoms with Gasteiger partial charge in [0.2, 0.25) is 5.91 Å². The number of thioether (sulfide) groups is 1. The maximum absolute atomic E-state index is 11.2. The van der Waals surface area contributed by atoms with Crippen LogP contribution in [0.1, 0.15) is 0 Å². The first-order valence-corrected chi connectivity index (χ1v) is 7.92. The number of anilines is 1. The molecule has 7 heteroatoms. The van der Waals surface area contributed by atoms with Crippen molar-refractivity contribution in [3.63, 3.8) is 0 Å². The van der Waals surface area contributed by atoms with Crippen molar-refractivity contribution in [2.75, 3.05) is 9.74 Å². The van der Waals surface area contributed by atoms with Crippen LogP contribution >= 0.6 is 66.2 Å². The molecule has 0 saturated carbocycles. The Morgan fingerprint density at radius 2 is 2.19 bits per heavy atom. The van der Waals surface area contributed by atoms with Crippen molar-refractivity contribution in [3.05, 3.63) is 21.1 Å². The number of amides is 1. The van der Waals surface area contributed by atoms with Crippen molar-refractivity contribution in [3.8, 4) is 5.40 Å². The molecule has 1 N–H and O–H groups in total. The fourth-order valence-corrected chi connectivity index (χ4v) is 2.74. The lowest BCUT2D eigenvalue weighted by Crippen LogP contribution is -2.12. The Bertz CT molecular complexity index is 462. The van der Waals surface area contributed by atoms with Crippen LogP contribution < -0.4 is 5.32 Å². The third kappa shape index (κ3) is 3.91. The number of nitrogens with zero attached hydrogens (tertiary/aromatic N) is 1. The van der Waals surface area contributed by atoms with Crippen LogP contribution in [-0.2, 0) is 4.79 Å². The van der Waals surface area contributed by atoms with E-state index in [1.165, 1.54) is 0 Å². The Morgan fingerprint density at radius 1 is 1.50 bits per heavy atom. The Kier molecular flexibility index (Phi) is 6.10. The zero-order valence-corrected chi connectivity index (χ0v) is 13.9. The summed E-state index contributed by atoms with van der Waals surface area (Å²) >= 11 is 9.75. The second kappa shape index (κ2) is 6.83. The van der Waals surface area contributed by atoms with Gasteiger partial charge in [0.25, 0.3) is 0 Å². The quantitative estimate of drug-likeness (QED) is 0.309. The number of nitrogens with one attached hydrogen (secondary N) is 1. The van der Waals surface area contributed by atoms with E-state index >= 15 is 0 Å². The van der Waals surface area contributed by atoms with Gasteiger partial charge in [-0.15, -0.1) is 0 Å². The summed E-state index contributed by atoms with van der Waals surface area (Å²) in [5.41, 5.74) is 0.691. The predicted molar refractivity (Wildman–Crippen MR) is 80.8 cm³/mol. The Morgan fingerprint density at radius 3 is 2.75 bits per heavy atom. The lowest BCUT2D eigenvalue weighted by molar-refractivity contribution is -0.113. The number of hydrogen-bond acceptors (Lipinski definition) is 3. The average Bonchev–Trinajstić information content (AvgIpc) is 2.25. The van der Waals surface area contributed by atoms with Gasteiger partial charge < -0.3 is 5.32 Å². The molecule has 0 aliphatic heterocycles. The third-order valence-electron chi connectivity index (χ3n) is 1.57. The number of carbonyl (C=O) groups is 1. The molecular formula is C9H5Br2IN2OS. The molecule has 84 valence electrons. The van der Waals surface area contributed by atoms with Gasteiger partial charge in [0.05, 0.1) is 10.1 Å². The van der Waals surface area contributed by atoms with Crippen molar-refractivity contribution in [2.24, 2.45) is 0 Å². The highest BCUT2D eigenvalue weighted by atomic mass is 127. The summed E-state index contributed by atoms with van der Waals surface area (Å²) in [7, 11) is 0. The summed E-state index contributed by atoms with van der Waals surface area (Å²) in [4.78, 5) is 12.1. The van der Waals surface area contributed by atoms with Crippen LogP contribution in [0.15, 0.2) is 26.0 Å². The highest BCUT2D eigenvalue weighted by molar-refractivity contribution is 14.1. The van der Waals surface area contributed by atoms with Crippen molar-refractivity contribution in [2.45, 2.75) is 4.90 Å². The summed E-state index contributed by atoms with van der Waals surface area (Å²) in [5.74, 6) is -0.0612. The number of rotatable bonds is 3. The van der Waals surface area contributed by atoms with Crippen molar-refractivity contribution < 1.29 is 4.79 Å². The Hall–Kier alpha value is 0.220. The molecule has 0 heterocycles. The van der Waals surface area contributed by atoms with Crippen LogP contribution in [0.3, 0.4) is 0 Å². The van der Waals surface area contributed by atoms with E-state index < -0.39 is 0 Å². The highest BCUT2D eigenvalue weighted by Gasteiger charge is 2.09. The molecule has 1 amide bonds. The lowest BCUT2D eigenvalue weighted by Gasteiger charge is -2.08. The first kappa shape index (κ1) is 14.3. The van der Waals surface area contributed by atoms with Crippen LogP contribution in [0.4, 0.5) is 5.69 Å². The van der Waals surface area contributed by atoms with E-state index in [0.29, 0.717) is 10.1 Å². The topological polar surface area (TPSA) is 52.9 Å². The van der Waals surface area contributed by atoms with E-state index in [0.717, 1.165) is 25.6 Å². The van der Waals surface area contributed by atoms with E-state index in [1.807, 2.05) is 28.0 Å². The standard InChI is InChI=1S/C9H5Br2IN2OS/c10-5-2-8(16-4-13)6(11)1-7(5)14-9(15)3-12/h1-2H,3H2,(H,14,15). The maximum atomic E-state index is 11.2. The number of benzene rings is 1. The third-order valence-corrected chi connectivity index (χ3v) is 4.49. The lowest BCUT2D eigenvalue weighted by atomic mass is 10.3. The molecule has 0 fully saturated rings. The van der Waals surface area contributed by atoms with Crippen molar-refractivity contribution in [1.82, 2.24) is 0 Å². The number of carbonyl (C=O) groups excluding carboxylic acids is 1. The van der Waals surface area contributed by atoms with Gasteiger partial charge in [-0.2, -0.15) is 5.26 Å². The van der Waals surface area contributed by atoms with Crippen LogP contribution in [0.2, 0.25) is 0 Å². The van der Waals surface area contributed by atoms with Gasteiger partial charge in [0, 0.05) is 13.8 Å². The second-order valence-electron chi connectivity index (χ2n) is 2.64. The van der Waals surface area contributed by atoms with Gasteiger partial charge in [-0.25, -0.2) is 0 Å². The Labute approximate surface area is 128 Å².